The first-order chi connectivity index (χ1) is 11.7. The van der Waals surface area contributed by atoms with E-state index in [0.29, 0.717) is 19.0 Å². The molecular weight excluding hydrogens is 322 g/mol. The van der Waals surface area contributed by atoms with Gasteiger partial charge in [-0.1, -0.05) is 18.2 Å². The summed E-state index contributed by atoms with van der Waals surface area (Å²) in [5.41, 5.74) is 0.388. The standard InChI is InChI=1S/C18H27N3O4/c1-18(2,3)25-17(22)19-11-14-7-6-10-20(12-14)13-15-8-4-5-9-16(15)21(23)24/h4-5,8-9,14H,6-7,10-13H2,1-3H3,(H,19,22). The Morgan fingerprint density at radius 3 is 2.80 bits per heavy atom. The predicted molar refractivity (Wildman–Crippen MR) is 95.3 cm³/mol. The lowest BCUT2D eigenvalue weighted by Crippen LogP contribution is -2.41. The number of carbonyl (C=O) groups excluding carboxylic acids is 1. The Hall–Kier alpha value is -2.15. The van der Waals surface area contributed by atoms with Crippen molar-refractivity contribution in [2.24, 2.45) is 5.92 Å². The van der Waals surface area contributed by atoms with Crippen molar-refractivity contribution in [3.8, 4) is 0 Å². The van der Waals surface area contributed by atoms with E-state index in [2.05, 4.69) is 10.2 Å². The second kappa shape index (κ2) is 8.29. The zero-order chi connectivity index (χ0) is 18.4. The first-order valence-electron chi connectivity index (χ1n) is 8.66. The lowest BCUT2D eigenvalue weighted by Gasteiger charge is -2.32. The number of nitro groups is 1. The average molecular weight is 349 g/mol. The third kappa shape index (κ3) is 6.34. The average Bonchev–Trinajstić information content (AvgIpc) is 2.52. The fraction of sp³-hybridized carbons (Fsp3) is 0.611. The number of amides is 1. The van der Waals surface area contributed by atoms with Crippen LogP contribution >= 0.6 is 0 Å². The van der Waals surface area contributed by atoms with Gasteiger partial charge in [-0.3, -0.25) is 15.0 Å². The molecule has 1 heterocycles. The van der Waals surface area contributed by atoms with E-state index in [1.165, 1.54) is 0 Å². The summed E-state index contributed by atoms with van der Waals surface area (Å²) >= 11 is 0. The molecule has 0 bridgehead atoms. The summed E-state index contributed by atoms with van der Waals surface area (Å²) in [4.78, 5) is 24.8. The fourth-order valence-corrected chi connectivity index (χ4v) is 3.07. The van der Waals surface area contributed by atoms with Crippen molar-refractivity contribution < 1.29 is 14.5 Å². The topological polar surface area (TPSA) is 84.7 Å². The van der Waals surface area contributed by atoms with Gasteiger partial charge in [-0.15, -0.1) is 0 Å². The molecule has 0 spiro atoms. The van der Waals surface area contributed by atoms with Gasteiger partial charge >= 0.3 is 6.09 Å². The van der Waals surface area contributed by atoms with Crippen LogP contribution in [0.1, 0.15) is 39.2 Å². The van der Waals surface area contributed by atoms with Gasteiger partial charge in [-0.2, -0.15) is 0 Å². The summed E-state index contributed by atoms with van der Waals surface area (Å²) in [7, 11) is 0. The smallest absolute Gasteiger partial charge is 0.407 e. The molecule has 1 aliphatic heterocycles. The highest BCUT2D eigenvalue weighted by molar-refractivity contribution is 5.67. The highest BCUT2D eigenvalue weighted by atomic mass is 16.6. The van der Waals surface area contributed by atoms with Crippen LogP contribution in [0.15, 0.2) is 24.3 Å². The Bertz CT molecular complexity index is 613. The van der Waals surface area contributed by atoms with Crippen LogP contribution in [0.25, 0.3) is 0 Å². The summed E-state index contributed by atoms with van der Waals surface area (Å²) in [5, 5.41) is 14.0. The highest BCUT2D eigenvalue weighted by Gasteiger charge is 2.24. The van der Waals surface area contributed by atoms with Gasteiger partial charge in [0, 0.05) is 31.3 Å². The fourth-order valence-electron chi connectivity index (χ4n) is 3.07. The summed E-state index contributed by atoms with van der Waals surface area (Å²) in [5.74, 6) is 0.323. The Kier molecular flexibility index (Phi) is 6.36. The van der Waals surface area contributed by atoms with E-state index in [1.54, 1.807) is 18.2 Å². The van der Waals surface area contributed by atoms with Crippen LogP contribution in [0.5, 0.6) is 0 Å². The molecule has 1 unspecified atom stereocenters. The number of piperidine rings is 1. The van der Waals surface area contributed by atoms with Crippen molar-refractivity contribution in [3.05, 3.63) is 39.9 Å². The van der Waals surface area contributed by atoms with E-state index in [1.807, 2.05) is 26.8 Å². The quantitative estimate of drug-likeness (QED) is 0.651. The first-order valence-corrected chi connectivity index (χ1v) is 8.66. The second-order valence-electron chi connectivity index (χ2n) is 7.51. The van der Waals surface area contributed by atoms with Crippen molar-refractivity contribution in [2.75, 3.05) is 19.6 Å². The highest BCUT2D eigenvalue weighted by Crippen LogP contribution is 2.23. The van der Waals surface area contributed by atoms with E-state index in [0.717, 1.165) is 31.5 Å². The van der Waals surface area contributed by atoms with Gasteiger partial charge < -0.3 is 10.1 Å². The summed E-state index contributed by atoms with van der Waals surface area (Å²) in [6, 6.07) is 6.86. The number of benzene rings is 1. The number of nitro benzene ring substituents is 1. The molecule has 25 heavy (non-hydrogen) atoms. The number of carbonyl (C=O) groups is 1. The van der Waals surface area contributed by atoms with E-state index >= 15 is 0 Å². The number of nitrogens with one attached hydrogen (secondary N) is 1. The maximum absolute atomic E-state index is 11.8. The van der Waals surface area contributed by atoms with Gasteiger partial charge in [-0.05, 0) is 46.1 Å². The molecular formula is C18H27N3O4. The predicted octanol–water partition coefficient (Wildman–Crippen LogP) is 3.33. The number of ether oxygens (including phenoxy) is 1. The van der Waals surface area contributed by atoms with Crippen molar-refractivity contribution in [3.63, 3.8) is 0 Å². The molecule has 1 aliphatic rings. The van der Waals surface area contributed by atoms with Crippen LogP contribution in [0.4, 0.5) is 10.5 Å². The molecule has 1 atom stereocenters. The van der Waals surface area contributed by atoms with E-state index in [-0.39, 0.29) is 10.6 Å². The summed E-state index contributed by atoms with van der Waals surface area (Å²) < 4.78 is 5.25. The minimum atomic E-state index is -0.505. The number of likely N-dealkylation sites (tertiary alicyclic amines) is 1. The molecule has 1 aromatic carbocycles. The summed E-state index contributed by atoms with van der Waals surface area (Å²) in [6.07, 6.45) is 1.65. The molecule has 0 aliphatic carbocycles. The molecule has 7 heteroatoms. The third-order valence-corrected chi connectivity index (χ3v) is 4.12. The molecule has 0 saturated carbocycles. The van der Waals surface area contributed by atoms with Crippen LogP contribution in [0, 0.1) is 16.0 Å². The van der Waals surface area contributed by atoms with Crippen LogP contribution in [0.3, 0.4) is 0 Å². The van der Waals surface area contributed by atoms with Crippen molar-refractivity contribution in [2.45, 2.75) is 45.8 Å². The molecule has 138 valence electrons. The second-order valence-corrected chi connectivity index (χ2v) is 7.51. The maximum Gasteiger partial charge on any atom is 0.407 e. The third-order valence-electron chi connectivity index (χ3n) is 4.12. The van der Waals surface area contributed by atoms with Crippen LogP contribution < -0.4 is 5.32 Å². The molecule has 1 fully saturated rings. The van der Waals surface area contributed by atoms with Crippen LogP contribution in [-0.2, 0) is 11.3 Å². The van der Waals surface area contributed by atoms with Gasteiger partial charge in [0.25, 0.3) is 5.69 Å². The first kappa shape index (κ1) is 19.2. The Morgan fingerprint density at radius 1 is 1.40 bits per heavy atom. The monoisotopic (exact) mass is 349 g/mol. The van der Waals surface area contributed by atoms with E-state index < -0.39 is 11.7 Å². The molecule has 2 rings (SSSR count). The Morgan fingerprint density at radius 2 is 2.12 bits per heavy atom. The van der Waals surface area contributed by atoms with Gasteiger partial charge in [0.1, 0.15) is 5.60 Å². The Labute approximate surface area is 148 Å². The zero-order valence-corrected chi connectivity index (χ0v) is 15.2. The van der Waals surface area contributed by atoms with Gasteiger partial charge in [0.2, 0.25) is 0 Å². The number of nitrogens with zero attached hydrogens (tertiary/aromatic N) is 2. The van der Waals surface area contributed by atoms with Gasteiger partial charge in [-0.25, -0.2) is 4.79 Å². The lowest BCUT2D eigenvalue weighted by molar-refractivity contribution is -0.385. The molecule has 7 nitrogen and oxygen atoms in total. The van der Waals surface area contributed by atoms with Crippen molar-refractivity contribution >= 4 is 11.8 Å². The van der Waals surface area contributed by atoms with Gasteiger partial charge in [0.05, 0.1) is 4.92 Å². The zero-order valence-electron chi connectivity index (χ0n) is 15.2. The summed E-state index contributed by atoms with van der Waals surface area (Å²) in [6.45, 7) is 8.34. The molecule has 0 aromatic heterocycles. The number of alkyl carbamates (subject to hydrolysis) is 1. The van der Waals surface area contributed by atoms with Crippen molar-refractivity contribution in [1.29, 1.82) is 0 Å². The van der Waals surface area contributed by atoms with E-state index in [4.69, 9.17) is 4.74 Å². The number of para-hydroxylation sites is 1. The lowest BCUT2D eigenvalue weighted by atomic mass is 9.97. The largest absolute Gasteiger partial charge is 0.444 e. The molecule has 1 amide bonds. The Balaban J connectivity index is 1.87. The normalized spacial score (nSPS) is 18.6. The SMILES string of the molecule is CC(C)(C)OC(=O)NCC1CCCN(Cc2ccccc2[N+](=O)[O-])C1. The van der Waals surface area contributed by atoms with Crippen molar-refractivity contribution in [1.82, 2.24) is 10.2 Å². The maximum atomic E-state index is 11.8. The minimum Gasteiger partial charge on any atom is -0.444 e. The number of hydrogen-bond donors (Lipinski definition) is 1. The minimum absolute atomic E-state index is 0.163. The molecule has 1 aromatic rings. The number of rotatable bonds is 5. The van der Waals surface area contributed by atoms with E-state index in [9.17, 15) is 14.9 Å². The van der Waals surface area contributed by atoms with Crippen LogP contribution in [0.2, 0.25) is 0 Å². The molecule has 0 radical (unpaired) electrons. The van der Waals surface area contributed by atoms with Gasteiger partial charge in [0.15, 0.2) is 0 Å². The molecule has 1 N–H and O–H groups in total. The van der Waals surface area contributed by atoms with Crippen LogP contribution in [-0.4, -0.2) is 41.2 Å². The molecule has 1 saturated heterocycles. The number of hydrogen-bond acceptors (Lipinski definition) is 5.